The normalized spacial score (nSPS) is 10.9. The summed E-state index contributed by atoms with van der Waals surface area (Å²) in [6.07, 6.45) is 3.82. The van der Waals surface area contributed by atoms with E-state index in [2.05, 4.69) is 57.0 Å². The zero-order valence-corrected chi connectivity index (χ0v) is 12.8. The van der Waals surface area contributed by atoms with Gasteiger partial charge in [0.1, 0.15) is 0 Å². The molecule has 4 rings (SSSR count). The number of benzene rings is 1. The predicted molar refractivity (Wildman–Crippen MR) is 90.2 cm³/mol. The number of nitrogens with zero attached hydrogens (tertiary/aromatic N) is 2. The van der Waals surface area contributed by atoms with Crippen LogP contribution >= 0.6 is 22.7 Å². The number of hydrogen-bond donors (Lipinski definition) is 0. The maximum absolute atomic E-state index is 4.45. The van der Waals surface area contributed by atoms with Gasteiger partial charge in [-0.15, -0.1) is 0 Å². The minimum atomic E-state index is 1.14. The Bertz CT molecular complexity index is 777. The van der Waals surface area contributed by atoms with Crippen molar-refractivity contribution in [3.63, 3.8) is 0 Å². The number of rotatable bonds is 3. The summed E-state index contributed by atoms with van der Waals surface area (Å²) in [5, 5.41) is 13.0. The molecular weight excluding hydrogens is 296 g/mol. The highest BCUT2D eigenvalue weighted by Crippen LogP contribution is 2.36. The summed E-state index contributed by atoms with van der Waals surface area (Å²) >= 11 is 3.43. The second-order valence-corrected chi connectivity index (χ2v) is 6.24. The van der Waals surface area contributed by atoms with Crippen molar-refractivity contribution in [1.29, 1.82) is 0 Å². The first-order valence-electron chi connectivity index (χ1n) is 6.61. The minimum Gasteiger partial charge on any atom is -0.240 e. The van der Waals surface area contributed by atoms with Gasteiger partial charge >= 0.3 is 0 Å². The smallest absolute Gasteiger partial charge is 0.0802 e. The van der Waals surface area contributed by atoms with E-state index in [0.29, 0.717) is 0 Å². The maximum atomic E-state index is 4.45. The molecule has 0 aliphatic rings. The fraction of sp³-hybridized carbons (Fsp3) is 0. The van der Waals surface area contributed by atoms with Gasteiger partial charge in [0.2, 0.25) is 0 Å². The molecule has 2 nitrogen and oxygen atoms in total. The van der Waals surface area contributed by atoms with Crippen LogP contribution in [0.4, 0.5) is 0 Å². The van der Waals surface area contributed by atoms with E-state index in [0.717, 1.165) is 5.69 Å². The summed E-state index contributed by atoms with van der Waals surface area (Å²) in [5.74, 6) is 0. The topological polar surface area (TPSA) is 17.8 Å². The van der Waals surface area contributed by atoms with E-state index in [1.807, 2.05) is 23.1 Å². The number of para-hydroxylation sites is 1. The number of hydrogen-bond acceptors (Lipinski definition) is 3. The third kappa shape index (κ3) is 2.22. The second-order valence-electron chi connectivity index (χ2n) is 4.68. The SMILES string of the molecule is c1cc(-c2ccsc2)c(-n2cccn2)c(-c2ccsc2)c1. The van der Waals surface area contributed by atoms with Crippen LogP contribution in [0, 0.1) is 0 Å². The van der Waals surface area contributed by atoms with E-state index in [1.165, 1.54) is 22.3 Å². The molecule has 0 unspecified atom stereocenters. The lowest BCUT2D eigenvalue weighted by molar-refractivity contribution is 0.884. The number of aromatic nitrogens is 2. The van der Waals surface area contributed by atoms with Gasteiger partial charge in [-0.05, 0) is 50.8 Å². The quantitative estimate of drug-likeness (QED) is 0.500. The Morgan fingerprint density at radius 2 is 1.48 bits per heavy atom. The van der Waals surface area contributed by atoms with E-state index in [9.17, 15) is 0 Å². The molecule has 0 amide bonds. The van der Waals surface area contributed by atoms with Crippen LogP contribution in [0.5, 0.6) is 0 Å². The van der Waals surface area contributed by atoms with E-state index >= 15 is 0 Å². The van der Waals surface area contributed by atoms with Crippen LogP contribution in [0.25, 0.3) is 27.9 Å². The molecule has 4 heteroatoms. The highest BCUT2D eigenvalue weighted by molar-refractivity contribution is 7.08. The largest absolute Gasteiger partial charge is 0.240 e. The summed E-state index contributed by atoms with van der Waals surface area (Å²) in [4.78, 5) is 0. The van der Waals surface area contributed by atoms with Crippen molar-refractivity contribution >= 4 is 22.7 Å². The first-order chi connectivity index (χ1) is 10.4. The third-order valence-electron chi connectivity index (χ3n) is 3.43. The lowest BCUT2D eigenvalue weighted by Crippen LogP contribution is -2.00. The molecule has 0 atom stereocenters. The molecule has 0 aliphatic heterocycles. The van der Waals surface area contributed by atoms with Crippen LogP contribution < -0.4 is 0 Å². The van der Waals surface area contributed by atoms with Crippen LogP contribution in [0.15, 0.2) is 70.3 Å². The van der Waals surface area contributed by atoms with E-state index in [4.69, 9.17) is 0 Å². The molecule has 102 valence electrons. The lowest BCUT2D eigenvalue weighted by Gasteiger charge is -2.13. The fourth-order valence-electron chi connectivity index (χ4n) is 2.49. The maximum Gasteiger partial charge on any atom is 0.0802 e. The van der Waals surface area contributed by atoms with Gasteiger partial charge < -0.3 is 0 Å². The Balaban J connectivity index is 2.03. The Morgan fingerprint density at radius 1 is 0.810 bits per heavy atom. The zero-order valence-electron chi connectivity index (χ0n) is 11.1. The standard InChI is InChI=1S/C17H12N2S2/c1-3-15(13-5-9-20-11-13)17(19-8-2-7-18-19)16(4-1)14-6-10-21-12-14/h1-12H. The number of thiophene rings is 2. The van der Waals surface area contributed by atoms with E-state index in [-0.39, 0.29) is 0 Å². The summed E-state index contributed by atoms with van der Waals surface area (Å²) in [6, 6.07) is 12.7. The summed E-state index contributed by atoms with van der Waals surface area (Å²) < 4.78 is 1.96. The third-order valence-corrected chi connectivity index (χ3v) is 4.80. The highest BCUT2D eigenvalue weighted by Gasteiger charge is 2.14. The predicted octanol–water partition coefficient (Wildman–Crippen LogP) is 5.33. The Morgan fingerprint density at radius 3 is 1.95 bits per heavy atom. The molecule has 0 fully saturated rings. The van der Waals surface area contributed by atoms with Crippen molar-refractivity contribution in [2.45, 2.75) is 0 Å². The second kappa shape index (κ2) is 5.31. The molecule has 1 aromatic carbocycles. The molecule has 3 heterocycles. The van der Waals surface area contributed by atoms with Crippen LogP contribution in [-0.2, 0) is 0 Å². The van der Waals surface area contributed by atoms with Crippen LogP contribution in [0.3, 0.4) is 0 Å². The molecule has 3 aromatic heterocycles. The molecule has 4 aromatic rings. The van der Waals surface area contributed by atoms with Crippen molar-refractivity contribution in [3.8, 4) is 27.9 Å². The summed E-state index contributed by atoms with van der Waals surface area (Å²) in [7, 11) is 0. The molecule has 0 aliphatic carbocycles. The molecular formula is C17H12N2S2. The fourth-order valence-corrected chi connectivity index (χ4v) is 3.80. The van der Waals surface area contributed by atoms with Crippen molar-refractivity contribution in [2.75, 3.05) is 0 Å². The van der Waals surface area contributed by atoms with Crippen LogP contribution in [-0.4, -0.2) is 9.78 Å². The molecule has 0 radical (unpaired) electrons. The minimum absolute atomic E-state index is 1.14. The molecule has 0 N–H and O–H groups in total. The Labute approximate surface area is 130 Å². The first-order valence-corrected chi connectivity index (χ1v) is 8.50. The van der Waals surface area contributed by atoms with Crippen molar-refractivity contribution < 1.29 is 0 Å². The van der Waals surface area contributed by atoms with Crippen LogP contribution in [0.2, 0.25) is 0 Å². The van der Waals surface area contributed by atoms with Crippen molar-refractivity contribution in [2.24, 2.45) is 0 Å². The van der Waals surface area contributed by atoms with Gasteiger partial charge in [-0.2, -0.15) is 27.8 Å². The first kappa shape index (κ1) is 12.6. The van der Waals surface area contributed by atoms with Gasteiger partial charge in [-0.3, -0.25) is 0 Å². The Hall–Kier alpha value is -2.17. The average Bonchev–Trinajstić information content (AvgIpc) is 3.28. The van der Waals surface area contributed by atoms with Crippen molar-refractivity contribution in [3.05, 3.63) is 70.3 Å². The van der Waals surface area contributed by atoms with Gasteiger partial charge in [0.05, 0.1) is 5.69 Å². The molecule has 0 saturated heterocycles. The molecule has 0 spiro atoms. The molecule has 0 bridgehead atoms. The zero-order chi connectivity index (χ0) is 14.1. The van der Waals surface area contributed by atoms with Gasteiger partial charge in [-0.25, -0.2) is 4.68 Å². The monoisotopic (exact) mass is 308 g/mol. The van der Waals surface area contributed by atoms with Gasteiger partial charge in [0, 0.05) is 23.5 Å². The average molecular weight is 308 g/mol. The Kier molecular flexibility index (Phi) is 3.18. The highest BCUT2D eigenvalue weighted by atomic mass is 32.1. The molecule has 0 saturated carbocycles. The van der Waals surface area contributed by atoms with Gasteiger partial charge in [0.25, 0.3) is 0 Å². The van der Waals surface area contributed by atoms with Gasteiger partial charge in [0.15, 0.2) is 0 Å². The summed E-state index contributed by atoms with van der Waals surface area (Å²) in [5.41, 5.74) is 6.04. The van der Waals surface area contributed by atoms with Crippen LogP contribution in [0.1, 0.15) is 0 Å². The molecule has 21 heavy (non-hydrogen) atoms. The van der Waals surface area contributed by atoms with Crippen molar-refractivity contribution in [1.82, 2.24) is 9.78 Å². The van der Waals surface area contributed by atoms with E-state index in [1.54, 1.807) is 22.7 Å². The summed E-state index contributed by atoms with van der Waals surface area (Å²) in [6.45, 7) is 0. The van der Waals surface area contributed by atoms with E-state index < -0.39 is 0 Å². The lowest BCUT2D eigenvalue weighted by atomic mass is 9.99. The van der Waals surface area contributed by atoms with Gasteiger partial charge in [-0.1, -0.05) is 18.2 Å².